The van der Waals surface area contributed by atoms with Gasteiger partial charge in [0.25, 0.3) is 0 Å². The second kappa shape index (κ2) is 5.29. The molecule has 0 bridgehead atoms. The number of phenolic OH excluding ortho intramolecular Hbond substituents is 1. The third kappa shape index (κ3) is 1.98. The molecule has 2 aliphatic rings. The number of hydrogen-bond acceptors (Lipinski definition) is 4. The number of hydrogen-bond donors (Lipinski definition) is 3. The highest BCUT2D eigenvalue weighted by Crippen LogP contribution is 2.63. The number of fused-ring (bicyclic) bond motifs is 5. The van der Waals surface area contributed by atoms with Gasteiger partial charge in [0.1, 0.15) is 18.0 Å². The average molecular weight is 340 g/mol. The molecule has 3 N–H and O–H groups in total. The third-order valence-corrected chi connectivity index (χ3v) is 6.93. The quantitative estimate of drug-likeness (QED) is 0.785. The van der Waals surface area contributed by atoms with Gasteiger partial charge >= 0.3 is 0 Å². The highest BCUT2D eigenvalue weighted by atomic mass is 16.3. The van der Waals surface area contributed by atoms with E-state index in [4.69, 9.17) is 0 Å². The Morgan fingerprint density at radius 1 is 1.28 bits per heavy atom. The molecule has 1 fully saturated rings. The molecule has 0 amide bonds. The first kappa shape index (κ1) is 16.6. The Bertz CT molecular complexity index is 874. The lowest BCUT2D eigenvalue weighted by Crippen LogP contribution is -2.56. The van der Waals surface area contributed by atoms with Gasteiger partial charge in [-0.2, -0.15) is 0 Å². The maximum atomic E-state index is 12.4. The Hall–Kier alpha value is -1.91. The number of aryl methyl sites for hydroxylation is 1. The van der Waals surface area contributed by atoms with Gasteiger partial charge in [0.05, 0.1) is 0 Å². The Labute approximate surface area is 147 Å². The summed E-state index contributed by atoms with van der Waals surface area (Å²) in [6.45, 7) is 3.29. The number of aliphatic hydroxyl groups is 2. The minimum atomic E-state index is -1.48. The van der Waals surface area contributed by atoms with E-state index in [1.165, 1.54) is 11.1 Å². The van der Waals surface area contributed by atoms with E-state index in [-0.39, 0.29) is 17.6 Å². The molecule has 4 heteroatoms. The number of carbonyl (C=O) groups is 1. The highest BCUT2D eigenvalue weighted by Gasteiger charge is 2.64. The average Bonchev–Trinajstić information content (AvgIpc) is 2.81. The van der Waals surface area contributed by atoms with E-state index in [0.29, 0.717) is 6.42 Å². The summed E-state index contributed by atoms with van der Waals surface area (Å²) in [5.74, 6) is -0.307. The van der Waals surface area contributed by atoms with Crippen LogP contribution >= 0.6 is 0 Å². The smallest absolute Gasteiger partial charge is 0.190 e. The minimum absolute atomic E-state index is 0.0879. The number of aromatic hydroxyl groups is 1. The number of Topliss-reactive ketones (excluding diaryl/α,β-unsaturated/α-hetero) is 1. The van der Waals surface area contributed by atoms with Crippen LogP contribution in [-0.4, -0.2) is 33.3 Å². The molecule has 0 heterocycles. The largest absolute Gasteiger partial charge is 0.508 e. The summed E-state index contributed by atoms with van der Waals surface area (Å²) in [5, 5.41) is 32.6. The van der Waals surface area contributed by atoms with Crippen molar-refractivity contribution in [2.24, 2.45) is 11.3 Å². The van der Waals surface area contributed by atoms with Crippen LogP contribution in [0.5, 0.6) is 5.75 Å². The molecule has 132 valence electrons. The van der Waals surface area contributed by atoms with Crippen LogP contribution in [0.15, 0.2) is 30.3 Å². The van der Waals surface area contributed by atoms with Crippen LogP contribution in [0.25, 0.3) is 10.8 Å². The van der Waals surface area contributed by atoms with E-state index in [0.717, 1.165) is 23.6 Å². The predicted molar refractivity (Wildman–Crippen MR) is 95.6 cm³/mol. The van der Waals surface area contributed by atoms with Crippen molar-refractivity contribution in [3.63, 3.8) is 0 Å². The predicted octanol–water partition coefficient (Wildman–Crippen LogP) is 2.91. The van der Waals surface area contributed by atoms with Gasteiger partial charge in [-0.15, -0.1) is 0 Å². The Morgan fingerprint density at radius 3 is 2.76 bits per heavy atom. The van der Waals surface area contributed by atoms with Crippen molar-refractivity contribution in [1.82, 2.24) is 0 Å². The topological polar surface area (TPSA) is 77.8 Å². The van der Waals surface area contributed by atoms with Crippen LogP contribution in [0.1, 0.15) is 43.7 Å². The zero-order valence-electron chi connectivity index (χ0n) is 14.6. The first-order chi connectivity index (χ1) is 11.8. The lowest BCUT2D eigenvalue weighted by atomic mass is 9.59. The molecule has 4 nitrogen and oxygen atoms in total. The van der Waals surface area contributed by atoms with Crippen molar-refractivity contribution in [3.05, 3.63) is 41.5 Å². The second-order valence-corrected chi connectivity index (χ2v) is 7.99. The molecule has 0 aliphatic heterocycles. The summed E-state index contributed by atoms with van der Waals surface area (Å²) in [7, 11) is 0. The molecule has 0 aromatic heterocycles. The lowest BCUT2D eigenvalue weighted by molar-refractivity contribution is -0.159. The highest BCUT2D eigenvalue weighted by molar-refractivity contribution is 5.91. The van der Waals surface area contributed by atoms with Gasteiger partial charge in [0, 0.05) is 5.41 Å². The molecule has 0 radical (unpaired) electrons. The SMILES string of the molecule is C[C@H]1C[C@H]2c3ccc4cc(O)ccc4c3CC[C@]2(C)[C@@]1(O)C(=O)CO. The Morgan fingerprint density at radius 2 is 2.04 bits per heavy atom. The van der Waals surface area contributed by atoms with E-state index < -0.39 is 23.4 Å². The minimum Gasteiger partial charge on any atom is -0.508 e. The molecule has 2 aliphatic carbocycles. The Kier molecular flexibility index (Phi) is 3.50. The molecule has 4 atom stereocenters. The van der Waals surface area contributed by atoms with Gasteiger partial charge < -0.3 is 15.3 Å². The van der Waals surface area contributed by atoms with Crippen molar-refractivity contribution < 1.29 is 20.1 Å². The lowest BCUT2D eigenvalue weighted by Gasteiger charge is -2.46. The number of ketones is 1. The summed E-state index contributed by atoms with van der Waals surface area (Å²) >= 11 is 0. The molecule has 4 rings (SSSR count). The van der Waals surface area contributed by atoms with Gasteiger partial charge in [-0.05, 0) is 65.1 Å². The fourth-order valence-corrected chi connectivity index (χ4v) is 5.55. The molecule has 0 spiro atoms. The summed E-state index contributed by atoms with van der Waals surface area (Å²) in [4.78, 5) is 12.4. The van der Waals surface area contributed by atoms with Crippen LogP contribution in [0.3, 0.4) is 0 Å². The third-order valence-electron chi connectivity index (χ3n) is 6.93. The van der Waals surface area contributed by atoms with Gasteiger partial charge in [-0.1, -0.05) is 32.0 Å². The van der Waals surface area contributed by atoms with Gasteiger partial charge in [-0.25, -0.2) is 0 Å². The van der Waals surface area contributed by atoms with Crippen molar-refractivity contribution in [2.45, 2.75) is 44.6 Å². The van der Waals surface area contributed by atoms with Crippen LogP contribution in [0.4, 0.5) is 0 Å². The fourth-order valence-electron chi connectivity index (χ4n) is 5.55. The molecule has 0 saturated heterocycles. The van der Waals surface area contributed by atoms with E-state index in [9.17, 15) is 20.1 Å². The summed E-state index contributed by atoms with van der Waals surface area (Å²) in [6.07, 6.45) is 2.21. The van der Waals surface area contributed by atoms with Gasteiger partial charge in [0.2, 0.25) is 0 Å². The maximum Gasteiger partial charge on any atom is 0.190 e. The maximum absolute atomic E-state index is 12.4. The number of benzene rings is 2. The number of rotatable bonds is 2. The van der Waals surface area contributed by atoms with Crippen LogP contribution in [0.2, 0.25) is 0 Å². The van der Waals surface area contributed by atoms with E-state index in [2.05, 4.69) is 6.07 Å². The van der Waals surface area contributed by atoms with Crippen molar-refractivity contribution in [1.29, 1.82) is 0 Å². The van der Waals surface area contributed by atoms with E-state index in [1.54, 1.807) is 12.1 Å². The van der Waals surface area contributed by atoms with E-state index >= 15 is 0 Å². The van der Waals surface area contributed by atoms with Crippen molar-refractivity contribution >= 4 is 16.6 Å². The molecule has 0 unspecified atom stereocenters. The zero-order chi connectivity index (χ0) is 18.0. The van der Waals surface area contributed by atoms with Crippen LogP contribution in [-0.2, 0) is 11.2 Å². The first-order valence-corrected chi connectivity index (χ1v) is 8.94. The fraction of sp³-hybridized carbons (Fsp3) is 0.476. The van der Waals surface area contributed by atoms with Crippen LogP contribution in [0, 0.1) is 11.3 Å². The summed E-state index contributed by atoms with van der Waals surface area (Å²) in [6, 6.07) is 9.53. The second-order valence-electron chi connectivity index (χ2n) is 7.99. The summed E-state index contributed by atoms with van der Waals surface area (Å²) < 4.78 is 0. The van der Waals surface area contributed by atoms with Crippen LogP contribution < -0.4 is 0 Å². The van der Waals surface area contributed by atoms with E-state index in [1.807, 2.05) is 26.0 Å². The molecule has 2 aromatic rings. The molecular weight excluding hydrogens is 316 g/mol. The number of phenols is 1. The number of carbonyl (C=O) groups excluding carboxylic acids is 1. The van der Waals surface area contributed by atoms with Gasteiger partial charge in [-0.3, -0.25) is 4.79 Å². The monoisotopic (exact) mass is 340 g/mol. The van der Waals surface area contributed by atoms with Gasteiger partial charge in [0.15, 0.2) is 5.78 Å². The molecule has 2 aromatic carbocycles. The van der Waals surface area contributed by atoms with Crippen molar-refractivity contribution in [3.8, 4) is 5.75 Å². The van der Waals surface area contributed by atoms with Crippen molar-refractivity contribution in [2.75, 3.05) is 6.61 Å². The molecular formula is C21H24O4. The summed E-state index contributed by atoms with van der Waals surface area (Å²) in [5.41, 5.74) is 0.408. The number of aliphatic hydroxyl groups excluding tert-OH is 1. The Balaban J connectivity index is 1.89. The molecule has 25 heavy (non-hydrogen) atoms. The normalized spacial score (nSPS) is 33.9. The standard InChI is InChI=1S/C21H24O4/c1-12-9-18-17-5-3-13-10-14(23)4-6-15(13)16(17)7-8-20(18,2)21(12,25)19(24)11-22/h3-6,10,12,18,22-23,25H,7-9,11H2,1-2H3/t12-,18-,20-,21-/m0/s1. The molecule has 1 saturated carbocycles. The zero-order valence-corrected chi connectivity index (χ0v) is 14.6. The first-order valence-electron chi connectivity index (χ1n) is 8.94.